The van der Waals surface area contributed by atoms with Crippen molar-refractivity contribution in [1.82, 2.24) is 0 Å². The van der Waals surface area contributed by atoms with Crippen molar-refractivity contribution in [3.05, 3.63) is 32.5 Å². The number of hydrogen-bond acceptors (Lipinski definition) is 1. The first kappa shape index (κ1) is 11.3. The topological polar surface area (TPSA) is 17.1 Å². The molecule has 15 heavy (non-hydrogen) atoms. The van der Waals surface area contributed by atoms with Crippen LogP contribution >= 0.6 is 31.9 Å². The van der Waals surface area contributed by atoms with Gasteiger partial charge in [-0.05, 0) is 30.5 Å². The first-order valence-electron chi connectivity index (χ1n) is 4.76. The van der Waals surface area contributed by atoms with Gasteiger partial charge < -0.3 is 0 Å². The zero-order valence-corrected chi connectivity index (χ0v) is 11.1. The summed E-state index contributed by atoms with van der Waals surface area (Å²) in [5.41, 5.74) is 0.888. The lowest BCUT2D eigenvalue weighted by atomic mass is 9.97. The summed E-state index contributed by atoms with van der Waals surface area (Å²) >= 11 is 6.63. The normalized spacial score (nSPS) is 21.0. The fourth-order valence-corrected chi connectivity index (χ4v) is 3.69. The van der Waals surface area contributed by atoms with Crippen LogP contribution in [0.1, 0.15) is 30.7 Å². The molecule has 0 spiro atoms. The smallest absolute Gasteiger partial charge is 0.140 e. The predicted octanol–water partition coefficient (Wildman–Crippen LogP) is 4.19. The lowest BCUT2D eigenvalue weighted by Crippen LogP contribution is -2.06. The van der Waals surface area contributed by atoms with Crippen molar-refractivity contribution in [3.63, 3.8) is 0 Å². The molecule has 0 aromatic heterocycles. The molecular weight excluding hydrogens is 327 g/mol. The first-order chi connectivity index (χ1) is 7.09. The van der Waals surface area contributed by atoms with Crippen LogP contribution in [-0.2, 0) is 4.79 Å². The lowest BCUT2D eigenvalue weighted by molar-refractivity contribution is -0.118. The summed E-state index contributed by atoms with van der Waals surface area (Å²) in [4.78, 5) is 11.6. The minimum atomic E-state index is -0.303. The molecule has 80 valence electrons. The van der Waals surface area contributed by atoms with Gasteiger partial charge in [0.25, 0.3) is 0 Å². The van der Waals surface area contributed by atoms with E-state index in [2.05, 4.69) is 31.9 Å². The quantitative estimate of drug-likeness (QED) is 0.752. The second-order valence-corrected chi connectivity index (χ2v) is 5.40. The SMILES string of the molecule is O=C1CCCC1c1c(Br)cc(F)cc1Br. The fourth-order valence-electron chi connectivity index (χ4n) is 2.01. The molecule has 1 aromatic carbocycles. The molecule has 1 fully saturated rings. The highest BCUT2D eigenvalue weighted by molar-refractivity contribution is 9.11. The van der Waals surface area contributed by atoms with Gasteiger partial charge in [-0.25, -0.2) is 4.39 Å². The van der Waals surface area contributed by atoms with Crippen LogP contribution in [0.2, 0.25) is 0 Å². The molecule has 1 unspecified atom stereocenters. The zero-order chi connectivity index (χ0) is 11.0. The molecule has 0 N–H and O–H groups in total. The Hall–Kier alpha value is -0.220. The highest BCUT2D eigenvalue weighted by atomic mass is 79.9. The van der Waals surface area contributed by atoms with Crippen LogP contribution in [0.15, 0.2) is 21.1 Å². The van der Waals surface area contributed by atoms with Crippen molar-refractivity contribution < 1.29 is 9.18 Å². The molecule has 0 aliphatic heterocycles. The Morgan fingerprint density at radius 2 is 1.87 bits per heavy atom. The summed E-state index contributed by atoms with van der Waals surface area (Å²) in [6.07, 6.45) is 2.43. The Bertz CT molecular complexity index is 394. The predicted molar refractivity (Wildman–Crippen MR) is 63.4 cm³/mol. The summed E-state index contributed by atoms with van der Waals surface area (Å²) in [7, 11) is 0. The average molecular weight is 336 g/mol. The average Bonchev–Trinajstić information content (AvgIpc) is 2.50. The highest BCUT2D eigenvalue weighted by Crippen LogP contribution is 2.39. The summed E-state index contributed by atoms with van der Waals surface area (Å²) in [5, 5.41) is 0. The van der Waals surface area contributed by atoms with E-state index < -0.39 is 0 Å². The number of hydrogen-bond donors (Lipinski definition) is 0. The Morgan fingerprint density at radius 3 is 2.33 bits per heavy atom. The standard InChI is InChI=1S/C11H9Br2FO/c12-8-4-6(14)5-9(13)11(8)7-2-1-3-10(7)15/h4-5,7H,1-3H2. The van der Waals surface area contributed by atoms with Gasteiger partial charge in [0.1, 0.15) is 11.6 Å². The van der Waals surface area contributed by atoms with Crippen LogP contribution in [0.25, 0.3) is 0 Å². The van der Waals surface area contributed by atoms with Gasteiger partial charge >= 0.3 is 0 Å². The third-order valence-electron chi connectivity index (χ3n) is 2.70. The monoisotopic (exact) mass is 334 g/mol. The number of carbonyl (C=O) groups excluding carboxylic acids is 1. The molecule has 1 aliphatic rings. The van der Waals surface area contributed by atoms with E-state index in [1.807, 2.05) is 0 Å². The zero-order valence-electron chi connectivity index (χ0n) is 7.90. The summed E-state index contributed by atoms with van der Waals surface area (Å²) in [6.45, 7) is 0. The molecule has 1 atom stereocenters. The first-order valence-corrected chi connectivity index (χ1v) is 6.35. The summed E-state index contributed by atoms with van der Waals surface area (Å²) < 4.78 is 14.4. The van der Waals surface area contributed by atoms with E-state index in [-0.39, 0.29) is 17.5 Å². The maximum atomic E-state index is 13.0. The van der Waals surface area contributed by atoms with E-state index in [9.17, 15) is 9.18 Å². The van der Waals surface area contributed by atoms with Gasteiger partial charge in [-0.15, -0.1) is 0 Å². The van der Waals surface area contributed by atoms with Gasteiger partial charge in [-0.1, -0.05) is 31.9 Å². The van der Waals surface area contributed by atoms with Crippen LogP contribution in [0.4, 0.5) is 4.39 Å². The van der Waals surface area contributed by atoms with Crippen LogP contribution in [0.3, 0.4) is 0 Å². The summed E-state index contributed by atoms with van der Waals surface area (Å²) in [5.74, 6) is -0.125. The van der Waals surface area contributed by atoms with Crippen LogP contribution in [-0.4, -0.2) is 5.78 Å². The molecule has 1 aromatic rings. The number of ketones is 1. The molecule has 1 saturated carbocycles. The van der Waals surface area contributed by atoms with E-state index in [1.54, 1.807) is 0 Å². The molecule has 2 rings (SSSR count). The molecular formula is C11H9Br2FO. The van der Waals surface area contributed by atoms with Crippen molar-refractivity contribution >= 4 is 37.6 Å². The van der Waals surface area contributed by atoms with Gasteiger partial charge in [0.05, 0.1) is 0 Å². The third kappa shape index (κ3) is 2.16. The largest absolute Gasteiger partial charge is 0.299 e. The second kappa shape index (κ2) is 4.34. The number of Topliss-reactive ketones (excluding diaryl/α,β-unsaturated/α-hetero) is 1. The Morgan fingerprint density at radius 1 is 1.27 bits per heavy atom. The van der Waals surface area contributed by atoms with Crippen molar-refractivity contribution in [2.24, 2.45) is 0 Å². The molecule has 0 heterocycles. The number of carbonyl (C=O) groups is 1. The minimum absolute atomic E-state index is 0.0747. The Kier molecular flexibility index (Phi) is 3.26. The van der Waals surface area contributed by atoms with Crippen LogP contribution in [0.5, 0.6) is 0 Å². The number of benzene rings is 1. The molecule has 1 aliphatic carbocycles. The van der Waals surface area contributed by atoms with Gasteiger partial charge in [0, 0.05) is 21.3 Å². The molecule has 4 heteroatoms. The lowest BCUT2D eigenvalue weighted by Gasteiger charge is -2.13. The van der Waals surface area contributed by atoms with Gasteiger partial charge in [0.15, 0.2) is 0 Å². The van der Waals surface area contributed by atoms with Gasteiger partial charge in [-0.3, -0.25) is 4.79 Å². The van der Waals surface area contributed by atoms with E-state index in [0.29, 0.717) is 15.4 Å². The van der Waals surface area contributed by atoms with E-state index in [4.69, 9.17) is 0 Å². The Balaban J connectivity index is 2.47. The van der Waals surface area contributed by atoms with Crippen LogP contribution < -0.4 is 0 Å². The molecule has 1 nitrogen and oxygen atoms in total. The minimum Gasteiger partial charge on any atom is -0.299 e. The fraction of sp³-hybridized carbons (Fsp3) is 0.364. The van der Waals surface area contributed by atoms with Crippen molar-refractivity contribution in [1.29, 1.82) is 0 Å². The molecule has 0 saturated heterocycles. The summed E-state index contributed by atoms with van der Waals surface area (Å²) in [6, 6.07) is 2.82. The van der Waals surface area contributed by atoms with E-state index >= 15 is 0 Å². The van der Waals surface area contributed by atoms with Crippen molar-refractivity contribution in [2.75, 3.05) is 0 Å². The molecule has 0 amide bonds. The van der Waals surface area contributed by atoms with Crippen molar-refractivity contribution in [3.8, 4) is 0 Å². The number of rotatable bonds is 1. The Labute approximate surface area is 104 Å². The van der Waals surface area contributed by atoms with Crippen LogP contribution in [0, 0.1) is 5.82 Å². The van der Waals surface area contributed by atoms with E-state index in [0.717, 1.165) is 18.4 Å². The van der Waals surface area contributed by atoms with E-state index in [1.165, 1.54) is 12.1 Å². The highest BCUT2D eigenvalue weighted by Gasteiger charge is 2.29. The van der Waals surface area contributed by atoms with Gasteiger partial charge in [0.2, 0.25) is 0 Å². The van der Waals surface area contributed by atoms with Crippen molar-refractivity contribution in [2.45, 2.75) is 25.2 Å². The maximum absolute atomic E-state index is 13.0. The second-order valence-electron chi connectivity index (χ2n) is 3.69. The maximum Gasteiger partial charge on any atom is 0.140 e. The third-order valence-corrected chi connectivity index (χ3v) is 4.01. The number of halogens is 3. The molecule has 0 bridgehead atoms. The molecule has 0 radical (unpaired) electrons. The van der Waals surface area contributed by atoms with Gasteiger partial charge in [-0.2, -0.15) is 0 Å².